The summed E-state index contributed by atoms with van der Waals surface area (Å²) in [5.41, 5.74) is 1.22. The Morgan fingerprint density at radius 1 is 1.17 bits per heavy atom. The molecule has 3 rings (SSSR count). The average Bonchev–Trinajstić information content (AvgIpc) is 3.37. The Morgan fingerprint density at radius 2 is 2.03 bits per heavy atom. The van der Waals surface area contributed by atoms with E-state index >= 15 is 0 Å². The van der Waals surface area contributed by atoms with Gasteiger partial charge < -0.3 is 13.6 Å². The first kappa shape index (κ1) is 21.5. The zero-order valence-electron chi connectivity index (χ0n) is 18.0. The number of hydrogen-bond acceptors (Lipinski definition) is 5. The summed E-state index contributed by atoms with van der Waals surface area (Å²) < 4.78 is 16.9. The van der Waals surface area contributed by atoms with Crippen molar-refractivity contribution >= 4 is 0 Å². The number of nitrogens with zero attached hydrogens (tertiary/aromatic N) is 2. The lowest BCUT2D eigenvalue weighted by Gasteiger charge is -2.15. The van der Waals surface area contributed by atoms with E-state index in [0.717, 1.165) is 24.6 Å². The van der Waals surface area contributed by atoms with Crippen molar-refractivity contribution in [3.05, 3.63) is 72.5 Å². The van der Waals surface area contributed by atoms with Gasteiger partial charge in [0.05, 0.1) is 6.20 Å². The van der Waals surface area contributed by atoms with Gasteiger partial charge in [-0.2, -0.15) is 0 Å². The maximum Gasteiger partial charge on any atom is 0.189 e. The third-order valence-electron chi connectivity index (χ3n) is 4.13. The van der Waals surface area contributed by atoms with Crippen molar-refractivity contribution in [2.45, 2.75) is 33.9 Å². The maximum atomic E-state index is 5.90. The molecule has 5 nitrogen and oxygen atoms in total. The smallest absolute Gasteiger partial charge is 0.189 e. The molecule has 0 amide bonds. The topological polar surface area (TPSA) is 51.6 Å². The summed E-state index contributed by atoms with van der Waals surface area (Å²) in [6.07, 6.45) is 7.02. The van der Waals surface area contributed by atoms with E-state index in [0.29, 0.717) is 18.1 Å². The fourth-order valence-corrected chi connectivity index (χ4v) is 2.74. The first-order chi connectivity index (χ1) is 14.4. The van der Waals surface area contributed by atoms with Gasteiger partial charge in [0.25, 0.3) is 0 Å². The van der Waals surface area contributed by atoms with Crippen LogP contribution in [0.4, 0.5) is 0 Å². The Balaban J connectivity index is 1.49. The number of rotatable bonds is 8. The fourth-order valence-electron chi connectivity index (χ4n) is 2.74. The third-order valence-corrected chi connectivity index (χ3v) is 4.13. The molecule has 0 N–H and O–H groups in total. The van der Waals surface area contributed by atoms with Gasteiger partial charge in [0.2, 0.25) is 0 Å². The van der Waals surface area contributed by atoms with Gasteiger partial charge in [0, 0.05) is 18.5 Å². The maximum absolute atomic E-state index is 5.90. The summed E-state index contributed by atoms with van der Waals surface area (Å²) in [5, 5.41) is 0. The number of furan rings is 1. The van der Waals surface area contributed by atoms with Gasteiger partial charge in [0.1, 0.15) is 18.1 Å². The lowest BCUT2D eigenvalue weighted by Crippen LogP contribution is -2.17. The van der Waals surface area contributed by atoms with Crippen LogP contribution in [0.15, 0.2) is 70.0 Å². The van der Waals surface area contributed by atoms with Crippen LogP contribution in [-0.4, -0.2) is 23.5 Å². The van der Waals surface area contributed by atoms with E-state index in [-0.39, 0.29) is 5.41 Å². The summed E-state index contributed by atoms with van der Waals surface area (Å²) in [6, 6.07) is 11.8. The molecule has 0 saturated heterocycles. The number of likely N-dealkylation sites (N-methyl/N-ethyl adjacent to an activating group) is 1. The van der Waals surface area contributed by atoms with E-state index in [1.165, 1.54) is 12.0 Å². The zero-order valence-corrected chi connectivity index (χ0v) is 18.0. The van der Waals surface area contributed by atoms with Gasteiger partial charge in [-0.3, -0.25) is 4.90 Å². The third kappa shape index (κ3) is 6.98. The lowest BCUT2D eigenvalue weighted by molar-refractivity contribution is 0.270. The quantitative estimate of drug-likeness (QED) is 0.461. The molecule has 2 aromatic heterocycles. The van der Waals surface area contributed by atoms with Crippen LogP contribution in [0.3, 0.4) is 0 Å². The van der Waals surface area contributed by atoms with Crippen LogP contribution in [0.2, 0.25) is 0 Å². The minimum absolute atomic E-state index is 0.0316. The molecular weight excluding hydrogens is 376 g/mol. The Hall–Kier alpha value is -3.23. The van der Waals surface area contributed by atoms with E-state index < -0.39 is 0 Å². The molecule has 3 aromatic rings. The summed E-state index contributed by atoms with van der Waals surface area (Å²) >= 11 is 0. The summed E-state index contributed by atoms with van der Waals surface area (Å²) in [6.45, 7) is 8.33. The Bertz CT molecular complexity index is 1010. The van der Waals surface area contributed by atoms with Crippen LogP contribution < -0.4 is 4.74 Å². The van der Waals surface area contributed by atoms with Gasteiger partial charge >= 0.3 is 0 Å². The molecule has 156 valence electrons. The largest absolute Gasteiger partial charge is 0.486 e. The number of aromatic nitrogens is 1. The molecule has 0 atom stereocenters. The van der Waals surface area contributed by atoms with Gasteiger partial charge in [-0.05, 0) is 63.7 Å². The molecule has 0 bridgehead atoms. The van der Waals surface area contributed by atoms with Crippen molar-refractivity contribution in [2.75, 3.05) is 13.6 Å². The Kier molecular flexibility index (Phi) is 7.16. The average molecular weight is 405 g/mol. The van der Waals surface area contributed by atoms with Crippen LogP contribution >= 0.6 is 0 Å². The molecule has 1 aromatic carbocycles. The van der Waals surface area contributed by atoms with Crippen LogP contribution in [-0.2, 0) is 13.2 Å². The summed E-state index contributed by atoms with van der Waals surface area (Å²) in [4.78, 5) is 6.13. The Morgan fingerprint density at radius 3 is 2.80 bits per heavy atom. The minimum atomic E-state index is 0.0316. The van der Waals surface area contributed by atoms with Gasteiger partial charge in [-0.1, -0.05) is 30.0 Å². The predicted molar refractivity (Wildman–Crippen MR) is 118 cm³/mol. The minimum Gasteiger partial charge on any atom is -0.486 e. The summed E-state index contributed by atoms with van der Waals surface area (Å²) in [7, 11) is 2.09. The van der Waals surface area contributed by atoms with Crippen molar-refractivity contribution in [2.24, 2.45) is 5.41 Å². The van der Waals surface area contributed by atoms with Crippen LogP contribution in [0.25, 0.3) is 11.5 Å². The van der Waals surface area contributed by atoms with Crippen molar-refractivity contribution < 1.29 is 13.6 Å². The number of oxazole rings is 1. The molecule has 0 spiro atoms. The molecule has 2 heterocycles. The molecule has 0 unspecified atom stereocenters. The molecule has 0 aliphatic carbocycles. The number of ether oxygens (including phenoxy) is 1. The molecule has 0 saturated carbocycles. The van der Waals surface area contributed by atoms with Crippen molar-refractivity contribution in [1.82, 2.24) is 9.88 Å². The van der Waals surface area contributed by atoms with E-state index in [1.807, 2.05) is 30.3 Å². The Labute approximate surface area is 178 Å². The molecule has 5 heteroatoms. The van der Waals surface area contributed by atoms with Crippen molar-refractivity contribution in [1.29, 1.82) is 0 Å². The standard InChI is InChI=1S/C25H28N2O3/c1-25(2,3)13-6-5-7-14-27(4)17-20-9-8-10-21(15-20)28-18-22-11-12-23(30-22)24-16-26-19-29-24/h5,7-12,15-16,19H,14,17-18H2,1-4H3. The normalized spacial score (nSPS) is 11.6. The number of benzene rings is 1. The lowest BCUT2D eigenvalue weighted by atomic mass is 9.98. The van der Waals surface area contributed by atoms with E-state index in [9.17, 15) is 0 Å². The summed E-state index contributed by atoms with van der Waals surface area (Å²) in [5.74, 6) is 9.08. The van der Waals surface area contributed by atoms with Crippen LogP contribution in [0, 0.1) is 17.3 Å². The first-order valence-corrected chi connectivity index (χ1v) is 9.95. The van der Waals surface area contributed by atoms with Gasteiger partial charge in [-0.15, -0.1) is 0 Å². The van der Waals surface area contributed by atoms with Crippen molar-refractivity contribution in [3.63, 3.8) is 0 Å². The highest BCUT2D eigenvalue weighted by atomic mass is 16.5. The molecule has 30 heavy (non-hydrogen) atoms. The highest BCUT2D eigenvalue weighted by Gasteiger charge is 2.08. The molecule has 0 aliphatic heterocycles. The number of allylic oxidation sites excluding steroid dienone is 1. The van der Waals surface area contributed by atoms with Gasteiger partial charge in [0.15, 0.2) is 17.9 Å². The molecule has 0 aliphatic rings. The van der Waals surface area contributed by atoms with Crippen LogP contribution in [0.5, 0.6) is 5.75 Å². The monoisotopic (exact) mass is 404 g/mol. The predicted octanol–water partition coefficient (Wildman–Crippen LogP) is 5.55. The highest BCUT2D eigenvalue weighted by molar-refractivity contribution is 5.48. The fraction of sp³-hybridized carbons (Fsp3) is 0.320. The van der Waals surface area contributed by atoms with E-state index in [1.54, 1.807) is 6.20 Å². The molecule has 0 fully saturated rings. The highest BCUT2D eigenvalue weighted by Crippen LogP contribution is 2.23. The zero-order chi connectivity index (χ0) is 21.4. The van der Waals surface area contributed by atoms with E-state index in [4.69, 9.17) is 13.6 Å². The van der Waals surface area contributed by atoms with Crippen molar-refractivity contribution in [3.8, 4) is 29.1 Å². The van der Waals surface area contributed by atoms with E-state index in [2.05, 4.69) is 67.8 Å². The second-order valence-corrected chi connectivity index (χ2v) is 8.19. The molecular formula is C25H28N2O3. The second-order valence-electron chi connectivity index (χ2n) is 8.19. The van der Waals surface area contributed by atoms with Crippen LogP contribution in [0.1, 0.15) is 32.1 Å². The SMILES string of the molecule is CN(CC=CC#CC(C)(C)C)Cc1cccc(OCc2ccc(-c3cnco3)o2)c1. The second kappa shape index (κ2) is 10.00. The number of hydrogen-bond donors (Lipinski definition) is 0. The van der Waals surface area contributed by atoms with Gasteiger partial charge in [-0.25, -0.2) is 4.98 Å². The first-order valence-electron chi connectivity index (χ1n) is 9.95. The molecule has 0 radical (unpaired) electrons.